The Hall–Kier alpha value is -1.72. The minimum Gasteiger partial charge on any atom is -0.309 e. The summed E-state index contributed by atoms with van der Waals surface area (Å²) in [5.41, 5.74) is 3.68. The van der Waals surface area contributed by atoms with Gasteiger partial charge in [-0.25, -0.2) is 9.67 Å². The van der Waals surface area contributed by atoms with E-state index in [1.807, 2.05) is 0 Å². The molecule has 1 aromatic heterocycles. The van der Waals surface area contributed by atoms with Crippen molar-refractivity contribution >= 4 is 0 Å². The van der Waals surface area contributed by atoms with Crippen LogP contribution in [0, 0.1) is 13.8 Å². The molecule has 5 nitrogen and oxygen atoms in total. The van der Waals surface area contributed by atoms with Crippen LogP contribution in [0.15, 0.2) is 18.2 Å². The maximum Gasteiger partial charge on any atom is 0.152 e. The standard InChI is InChI=1S/C20H31N5/c1-14-7-8-15(2)18(11-14)25-20(16-12-17(13-16)24(5)6)21-19(22-25)9-10-23(3)4/h7-8,11,16-17H,9-10,12-13H2,1-6H3. The molecule has 0 radical (unpaired) electrons. The molecular formula is C20H31N5. The summed E-state index contributed by atoms with van der Waals surface area (Å²) in [6.45, 7) is 5.27. The van der Waals surface area contributed by atoms with Crippen molar-refractivity contribution in [3.8, 4) is 5.69 Å². The highest BCUT2D eigenvalue weighted by Gasteiger charge is 2.35. The molecule has 0 N–H and O–H groups in total. The lowest BCUT2D eigenvalue weighted by Gasteiger charge is -2.39. The molecule has 2 aromatic rings. The summed E-state index contributed by atoms with van der Waals surface area (Å²) >= 11 is 0. The van der Waals surface area contributed by atoms with Crippen molar-refractivity contribution in [2.45, 2.75) is 45.1 Å². The first kappa shape index (κ1) is 18.1. The lowest BCUT2D eigenvalue weighted by atomic mass is 9.79. The molecule has 1 aromatic carbocycles. The first-order valence-electron chi connectivity index (χ1n) is 9.19. The molecule has 0 bridgehead atoms. The van der Waals surface area contributed by atoms with E-state index in [1.54, 1.807) is 0 Å². The first-order chi connectivity index (χ1) is 11.8. The van der Waals surface area contributed by atoms with E-state index >= 15 is 0 Å². The SMILES string of the molecule is Cc1ccc(C)c(-n2nc(CCN(C)C)nc2C2CC(N(C)C)C2)c1. The van der Waals surface area contributed by atoms with Gasteiger partial charge in [0.05, 0.1) is 5.69 Å². The highest BCUT2D eigenvalue weighted by atomic mass is 15.4. The lowest BCUT2D eigenvalue weighted by molar-refractivity contribution is 0.160. The number of hydrogen-bond donors (Lipinski definition) is 0. The third-order valence-corrected chi connectivity index (χ3v) is 5.26. The van der Waals surface area contributed by atoms with E-state index in [4.69, 9.17) is 10.1 Å². The number of nitrogens with zero attached hydrogens (tertiary/aromatic N) is 5. The van der Waals surface area contributed by atoms with Crippen molar-refractivity contribution in [2.75, 3.05) is 34.7 Å². The molecule has 1 aliphatic carbocycles. The van der Waals surface area contributed by atoms with Gasteiger partial charge in [-0.05, 0) is 72.1 Å². The fourth-order valence-corrected chi connectivity index (χ4v) is 3.41. The van der Waals surface area contributed by atoms with Crippen LogP contribution in [0.4, 0.5) is 0 Å². The third kappa shape index (κ3) is 3.93. The zero-order chi connectivity index (χ0) is 18.1. The Morgan fingerprint density at radius 1 is 1.12 bits per heavy atom. The predicted octanol–water partition coefficient (Wildman–Crippen LogP) is 2.80. The summed E-state index contributed by atoms with van der Waals surface area (Å²) in [7, 11) is 8.52. The van der Waals surface area contributed by atoms with Gasteiger partial charge in [0.15, 0.2) is 5.82 Å². The second-order valence-corrected chi connectivity index (χ2v) is 7.93. The topological polar surface area (TPSA) is 37.2 Å². The van der Waals surface area contributed by atoms with Crippen LogP contribution in [0.25, 0.3) is 5.69 Å². The van der Waals surface area contributed by atoms with E-state index in [-0.39, 0.29) is 0 Å². The third-order valence-electron chi connectivity index (χ3n) is 5.26. The highest BCUT2D eigenvalue weighted by molar-refractivity contribution is 5.43. The van der Waals surface area contributed by atoms with Crippen molar-refractivity contribution < 1.29 is 0 Å². The maximum absolute atomic E-state index is 4.95. The van der Waals surface area contributed by atoms with E-state index in [2.05, 4.69) is 74.7 Å². The zero-order valence-electron chi connectivity index (χ0n) is 16.5. The Labute approximate surface area is 151 Å². The predicted molar refractivity (Wildman–Crippen MR) is 103 cm³/mol. The zero-order valence-corrected chi connectivity index (χ0v) is 16.5. The Morgan fingerprint density at radius 2 is 1.84 bits per heavy atom. The van der Waals surface area contributed by atoms with Crippen molar-refractivity contribution in [3.05, 3.63) is 41.0 Å². The van der Waals surface area contributed by atoms with Crippen molar-refractivity contribution in [2.24, 2.45) is 0 Å². The monoisotopic (exact) mass is 341 g/mol. The molecule has 1 aliphatic rings. The van der Waals surface area contributed by atoms with Crippen molar-refractivity contribution in [1.29, 1.82) is 0 Å². The Bertz CT molecular complexity index is 726. The van der Waals surface area contributed by atoms with Crippen LogP contribution in [-0.4, -0.2) is 65.3 Å². The summed E-state index contributed by atoms with van der Waals surface area (Å²) < 4.78 is 2.11. The Morgan fingerprint density at radius 3 is 2.48 bits per heavy atom. The van der Waals surface area contributed by atoms with Gasteiger partial charge in [0.2, 0.25) is 0 Å². The lowest BCUT2D eigenvalue weighted by Crippen LogP contribution is -2.40. The molecule has 1 heterocycles. The molecule has 1 fully saturated rings. The Balaban J connectivity index is 1.93. The van der Waals surface area contributed by atoms with E-state index in [0.29, 0.717) is 12.0 Å². The minimum atomic E-state index is 0.507. The summed E-state index contributed by atoms with van der Waals surface area (Å²) in [5.74, 6) is 2.60. The van der Waals surface area contributed by atoms with Gasteiger partial charge in [0.1, 0.15) is 5.82 Å². The second-order valence-electron chi connectivity index (χ2n) is 7.93. The van der Waals surface area contributed by atoms with Crippen LogP contribution in [0.2, 0.25) is 0 Å². The first-order valence-corrected chi connectivity index (χ1v) is 9.19. The molecule has 0 unspecified atom stereocenters. The molecule has 0 atom stereocenters. The molecule has 0 saturated heterocycles. The molecule has 3 rings (SSSR count). The number of likely N-dealkylation sites (N-methyl/N-ethyl adjacent to an activating group) is 1. The summed E-state index contributed by atoms with van der Waals surface area (Å²) in [6.07, 6.45) is 3.23. The van der Waals surface area contributed by atoms with E-state index < -0.39 is 0 Å². The average Bonchev–Trinajstić information content (AvgIpc) is 2.89. The number of aromatic nitrogens is 3. The van der Waals surface area contributed by atoms with E-state index in [9.17, 15) is 0 Å². The van der Waals surface area contributed by atoms with Crippen LogP contribution in [0.3, 0.4) is 0 Å². The van der Waals surface area contributed by atoms with Gasteiger partial charge in [0, 0.05) is 24.9 Å². The Kier molecular flexibility index (Phi) is 5.25. The van der Waals surface area contributed by atoms with E-state index in [1.165, 1.54) is 29.7 Å². The van der Waals surface area contributed by atoms with E-state index in [0.717, 1.165) is 24.6 Å². The van der Waals surface area contributed by atoms with Crippen molar-refractivity contribution in [1.82, 2.24) is 24.6 Å². The summed E-state index contributed by atoms with van der Waals surface area (Å²) in [5, 5.41) is 4.89. The molecule has 1 saturated carbocycles. The van der Waals surface area contributed by atoms with Crippen LogP contribution < -0.4 is 0 Å². The van der Waals surface area contributed by atoms with Gasteiger partial charge in [-0.3, -0.25) is 0 Å². The summed E-state index contributed by atoms with van der Waals surface area (Å²) in [6, 6.07) is 7.23. The molecular weight excluding hydrogens is 310 g/mol. The number of benzene rings is 1. The van der Waals surface area contributed by atoms with Gasteiger partial charge < -0.3 is 9.80 Å². The highest BCUT2D eigenvalue weighted by Crippen LogP contribution is 2.39. The smallest absolute Gasteiger partial charge is 0.152 e. The fraction of sp³-hybridized carbons (Fsp3) is 0.600. The van der Waals surface area contributed by atoms with Gasteiger partial charge in [-0.15, -0.1) is 0 Å². The minimum absolute atomic E-state index is 0.507. The van der Waals surface area contributed by atoms with Crippen LogP contribution in [0.5, 0.6) is 0 Å². The van der Waals surface area contributed by atoms with Gasteiger partial charge >= 0.3 is 0 Å². The molecule has 0 aliphatic heterocycles. The summed E-state index contributed by atoms with van der Waals surface area (Å²) in [4.78, 5) is 9.46. The second kappa shape index (κ2) is 7.26. The quantitative estimate of drug-likeness (QED) is 0.810. The number of hydrogen-bond acceptors (Lipinski definition) is 4. The van der Waals surface area contributed by atoms with Gasteiger partial charge in [-0.1, -0.05) is 12.1 Å². The van der Waals surface area contributed by atoms with Crippen LogP contribution >= 0.6 is 0 Å². The van der Waals surface area contributed by atoms with Crippen LogP contribution in [0.1, 0.15) is 41.5 Å². The molecule has 0 spiro atoms. The van der Waals surface area contributed by atoms with Gasteiger partial charge in [0.25, 0.3) is 0 Å². The number of aryl methyl sites for hydroxylation is 2. The average molecular weight is 342 g/mol. The molecule has 25 heavy (non-hydrogen) atoms. The molecule has 0 amide bonds. The van der Waals surface area contributed by atoms with Gasteiger partial charge in [-0.2, -0.15) is 5.10 Å². The largest absolute Gasteiger partial charge is 0.309 e. The van der Waals surface area contributed by atoms with Crippen molar-refractivity contribution in [3.63, 3.8) is 0 Å². The van der Waals surface area contributed by atoms with Crippen LogP contribution in [-0.2, 0) is 6.42 Å². The molecule has 136 valence electrons. The normalized spacial score (nSPS) is 20.3. The number of rotatable bonds is 6. The molecule has 5 heteroatoms. The fourth-order valence-electron chi connectivity index (χ4n) is 3.41. The maximum atomic E-state index is 4.95.